The highest BCUT2D eigenvalue weighted by atomic mass is 16.2. The molecule has 1 amide bonds. The van der Waals surface area contributed by atoms with E-state index in [1.54, 1.807) is 0 Å². The standard InChI is InChI=1S/C17H33N3O/c1-6-17(4)16(21)20(12-11-19(5)13(2)3)15(18-17)14-9-7-8-10-14/h13-15,18H,6-12H2,1-5H3. The number of nitrogens with zero attached hydrogens (tertiary/aromatic N) is 2. The van der Waals surface area contributed by atoms with Gasteiger partial charge in [-0.1, -0.05) is 19.8 Å². The van der Waals surface area contributed by atoms with Gasteiger partial charge in [0.2, 0.25) is 5.91 Å². The molecule has 2 rings (SSSR count). The monoisotopic (exact) mass is 295 g/mol. The normalized spacial score (nSPS) is 31.1. The van der Waals surface area contributed by atoms with E-state index in [0.717, 1.165) is 19.5 Å². The Morgan fingerprint density at radius 2 is 2.00 bits per heavy atom. The molecule has 0 bridgehead atoms. The lowest BCUT2D eigenvalue weighted by molar-refractivity contribution is -0.133. The molecule has 2 fully saturated rings. The molecule has 21 heavy (non-hydrogen) atoms. The van der Waals surface area contributed by atoms with Crippen molar-refractivity contribution < 1.29 is 4.79 Å². The smallest absolute Gasteiger partial charge is 0.243 e. The first-order valence-corrected chi connectivity index (χ1v) is 8.68. The van der Waals surface area contributed by atoms with Gasteiger partial charge in [0.05, 0.1) is 11.7 Å². The lowest BCUT2D eigenvalue weighted by Gasteiger charge is -2.31. The third-order valence-electron chi connectivity index (χ3n) is 5.66. The zero-order chi connectivity index (χ0) is 15.6. The van der Waals surface area contributed by atoms with E-state index in [2.05, 4.69) is 49.9 Å². The average molecular weight is 295 g/mol. The minimum Gasteiger partial charge on any atom is -0.324 e. The van der Waals surface area contributed by atoms with Gasteiger partial charge in [-0.25, -0.2) is 0 Å². The van der Waals surface area contributed by atoms with Gasteiger partial charge in [0.25, 0.3) is 0 Å². The van der Waals surface area contributed by atoms with Gasteiger partial charge in [-0.2, -0.15) is 0 Å². The van der Waals surface area contributed by atoms with Crippen LogP contribution in [0.3, 0.4) is 0 Å². The fourth-order valence-electron chi connectivity index (χ4n) is 3.57. The summed E-state index contributed by atoms with van der Waals surface area (Å²) in [6.45, 7) is 10.4. The van der Waals surface area contributed by atoms with Crippen molar-refractivity contribution in [1.82, 2.24) is 15.1 Å². The SMILES string of the molecule is CCC1(C)NC(C2CCCC2)N(CCN(C)C(C)C)C1=O. The highest BCUT2D eigenvalue weighted by molar-refractivity contribution is 5.88. The van der Waals surface area contributed by atoms with E-state index in [9.17, 15) is 4.79 Å². The number of rotatable bonds is 6. The molecule has 2 atom stereocenters. The van der Waals surface area contributed by atoms with Gasteiger partial charge in [0.15, 0.2) is 0 Å². The summed E-state index contributed by atoms with van der Waals surface area (Å²) in [6.07, 6.45) is 6.29. The predicted molar refractivity (Wildman–Crippen MR) is 87.1 cm³/mol. The summed E-state index contributed by atoms with van der Waals surface area (Å²) in [5, 5.41) is 3.67. The summed E-state index contributed by atoms with van der Waals surface area (Å²) in [4.78, 5) is 17.3. The maximum Gasteiger partial charge on any atom is 0.243 e. The third kappa shape index (κ3) is 3.42. The summed E-state index contributed by atoms with van der Waals surface area (Å²) in [7, 11) is 2.14. The minimum atomic E-state index is -0.357. The van der Waals surface area contributed by atoms with Gasteiger partial charge in [-0.3, -0.25) is 10.1 Å². The van der Waals surface area contributed by atoms with E-state index < -0.39 is 0 Å². The Bertz CT molecular complexity index is 365. The highest BCUT2D eigenvalue weighted by Crippen LogP contribution is 2.35. The number of likely N-dealkylation sites (N-methyl/N-ethyl adjacent to an activating group) is 1. The Balaban J connectivity index is 2.07. The molecule has 0 aromatic heterocycles. The van der Waals surface area contributed by atoms with Crippen LogP contribution in [0.4, 0.5) is 0 Å². The number of carbonyl (C=O) groups excluding carboxylic acids is 1. The fraction of sp³-hybridized carbons (Fsp3) is 0.941. The van der Waals surface area contributed by atoms with Crippen LogP contribution in [-0.4, -0.2) is 53.6 Å². The fourth-order valence-corrected chi connectivity index (χ4v) is 3.57. The van der Waals surface area contributed by atoms with Crippen molar-refractivity contribution >= 4 is 5.91 Å². The number of hydrogen-bond donors (Lipinski definition) is 1. The second kappa shape index (κ2) is 6.66. The van der Waals surface area contributed by atoms with Crippen LogP contribution in [0, 0.1) is 5.92 Å². The topological polar surface area (TPSA) is 35.6 Å². The van der Waals surface area contributed by atoms with Crippen molar-refractivity contribution in [3.63, 3.8) is 0 Å². The molecule has 1 aliphatic carbocycles. The lowest BCUT2D eigenvalue weighted by Crippen LogP contribution is -2.46. The Morgan fingerprint density at radius 1 is 1.38 bits per heavy atom. The van der Waals surface area contributed by atoms with Crippen molar-refractivity contribution in [2.45, 2.75) is 77.5 Å². The van der Waals surface area contributed by atoms with Gasteiger partial charge in [-0.05, 0) is 53.0 Å². The Morgan fingerprint density at radius 3 is 2.52 bits per heavy atom. The van der Waals surface area contributed by atoms with Gasteiger partial charge >= 0.3 is 0 Å². The average Bonchev–Trinajstić information content (AvgIpc) is 3.05. The summed E-state index contributed by atoms with van der Waals surface area (Å²) in [5.41, 5.74) is -0.357. The van der Waals surface area contributed by atoms with Gasteiger partial charge < -0.3 is 9.80 Å². The van der Waals surface area contributed by atoms with Crippen molar-refractivity contribution in [1.29, 1.82) is 0 Å². The van der Waals surface area contributed by atoms with Crippen LogP contribution >= 0.6 is 0 Å². The molecule has 122 valence electrons. The number of carbonyl (C=O) groups is 1. The highest BCUT2D eigenvalue weighted by Gasteiger charge is 2.49. The predicted octanol–water partition coefficient (Wildman–Crippen LogP) is 2.44. The molecule has 1 heterocycles. The van der Waals surface area contributed by atoms with E-state index in [-0.39, 0.29) is 11.7 Å². The van der Waals surface area contributed by atoms with Crippen molar-refractivity contribution in [3.8, 4) is 0 Å². The maximum atomic E-state index is 12.9. The molecule has 4 heteroatoms. The van der Waals surface area contributed by atoms with Crippen LogP contribution in [0.5, 0.6) is 0 Å². The maximum absolute atomic E-state index is 12.9. The van der Waals surface area contributed by atoms with Crippen LogP contribution < -0.4 is 5.32 Å². The largest absolute Gasteiger partial charge is 0.324 e. The molecular formula is C17H33N3O. The van der Waals surface area contributed by atoms with Gasteiger partial charge in [-0.15, -0.1) is 0 Å². The van der Waals surface area contributed by atoms with E-state index in [0.29, 0.717) is 17.9 Å². The van der Waals surface area contributed by atoms with Crippen LogP contribution in [0.25, 0.3) is 0 Å². The Labute approximate surface area is 130 Å². The summed E-state index contributed by atoms with van der Waals surface area (Å²) < 4.78 is 0. The molecule has 4 nitrogen and oxygen atoms in total. The number of nitrogens with one attached hydrogen (secondary N) is 1. The molecule has 0 aromatic rings. The first kappa shape index (κ1) is 16.8. The van der Waals surface area contributed by atoms with E-state index in [1.165, 1.54) is 25.7 Å². The number of amides is 1. The van der Waals surface area contributed by atoms with Gasteiger partial charge in [0.1, 0.15) is 0 Å². The minimum absolute atomic E-state index is 0.255. The van der Waals surface area contributed by atoms with Crippen LogP contribution in [0.1, 0.15) is 59.8 Å². The zero-order valence-electron chi connectivity index (χ0n) is 14.5. The Kier molecular flexibility index (Phi) is 5.31. The van der Waals surface area contributed by atoms with Crippen LogP contribution in [0.15, 0.2) is 0 Å². The molecular weight excluding hydrogens is 262 g/mol. The second-order valence-corrected chi connectivity index (χ2v) is 7.39. The molecule has 2 unspecified atom stereocenters. The van der Waals surface area contributed by atoms with Gasteiger partial charge in [0, 0.05) is 19.1 Å². The molecule has 1 aliphatic heterocycles. The quantitative estimate of drug-likeness (QED) is 0.817. The third-order valence-corrected chi connectivity index (χ3v) is 5.66. The molecule has 0 aromatic carbocycles. The Hall–Kier alpha value is -0.610. The second-order valence-electron chi connectivity index (χ2n) is 7.39. The van der Waals surface area contributed by atoms with Crippen LogP contribution in [-0.2, 0) is 4.79 Å². The first-order valence-electron chi connectivity index (χ1n) is 8.68. The molecule has 1 saturated heterocycles. The summed E-state index contributed by atoms with van der Waals surface area (Å²) in [6, 6.07) is 0.526. The van der Waals surface area contributed by atoms with Crippen molar-refractivity contribution in [2.75, 3.05) is 20.1 Å². The first-order chi connectivity index (χ1) is 9.89. The summed E-state index contributed by atoms with van der Waals surface area (Å²) >= 11 is 0. The van der Waals surface area contributed by atoms with Crippen molar-refractivity contribution in [2.24, 2.45) is 5.92 Å². The molecule has 2 aliphatic rings. The molecule has 1 saturated carbocycles. The molecule has 0 radical (unpaired) electrons. The zero-order valence-corrected chi connectivity index (χ0v) is 14.5. The molecule has 1 N–H and O–H groups in total. The molecule has 0 spiro atoms. The number of hydrogen-bond acceptors (Lipinski definition) is 3. The van der Waals surface area contributed by atoms with E-state index in [1.807, 2.05) is 0 Å². The van der Waals surface area contributed by atoms with Crippen molar-refractivity contribution in [3.05, 3.63) is 0 Å². The lowest BCUT2D eigenvalue weighted by atomic mass is 9.99. The summed E-state index contributed by atoms with van der Waals surface area (Å²) in [5.74, 6) is 0.950. The van der Waals surface area contributed by atoms with E-state index >= 15 is 0 Å². The van der Waals surface area contributed by atoms with E-state index in [4.69, 9.17) is 0 Å². The van der Waals surface area contributed by atoms with Crippen LogP contribution in [0.2, 0.25) is 0 Å².